The highest BCUT2D eigenvalue weighted by Crippen LogP contribution is 2.16. The van der Waals surface area contributed by atoms with Gasteiger partial charge in [0.15, 0.2) is 0 Å². The first-order chi connectivity index (χ1) is 32.0. The fraction of sp³-hybridized carbons (Fsp3) is 0.864. The van der Waals surface area contributed by atoms with Crippen LogP contribution in [0.3, 0.4) is 0 Å². The topological polar surface area (TPSA) is 95.9 Å². The number of carbonyl (C=O) groups excluding carboxylic acids is 2. The van der Waals surface area contributed by atoms with Crippen molar-refractivity contribution in [3.8, 4) is 0 Å². The molecular weight excluding hydrogens is 803 g/mol. The van der Waals surface area contributed by atoms with Crippen LogP contribution in [0.2, 0.25) is 0 Å². The fourth-order valence-corrected chi connectivity index (χ4v) is 8.72. The lowest BCUT2D eigenvalue weighted by Crippen LogP contribution is -2.45. The number of nitrogens with one attached hydrogen (secondary N) is 1. The van der Waals surface area contributed by atoms with E-state index in [9.17, 15) is 19.8 Å². The summed E-state index contributed by atoms with van der Waals surface area (Å²) < 4.78 is 5.48. The molecule has 0 aliphatic rings. The first-order valence-corrected chi connectivity index (χ1v) is 28.8. The lowest BCUT2D eigenvalue weighted by atomic mass is 10.0. The minimum absolute atomic E-state index is 0.00828. The van der Waals surface area contributed by atoms with E-state index in [1.54, 1.807) is 6.08 Å². The number of hydrogen-bond acceptors (Lipinski definition) is 5. The summed E-state index contributed by atoms with van der Waals surface area (Å²) in [5, 5.41) is 23.1. The van der Waals surface area contributed by atoms with Crippen molar-refractivity contribution in [2.24, 2.45) is 0 Å². The standard InChI is InChI=1S/C59H111NO5/c1-3-5-7-9-11-13-15-17-19-21-25-29-33-37-41-45-49-53-59(64)65-54-50-46-42-38-34-30-26-22-24-28-32-36-40-44-48-52-58(63)60-56(55-61)57(62)51-47-43-39-35-31-27-23-20-18-16-14-12-10-8-6-4-2/h11,13,17,19,47,51,56-57,61-62H,3-10,12,14-16,18,20-46,48-50,52-55H2,1-2H3,(H,60,63)/b13-11-,19-17-,51-47+. The number of unbranched alkanes of at least 4 members (excludes halogenated alkanes) is 38. The molecule has 0 spiro atoms. The van der Waals surface area contributed by atoms with Gasteiger partial charge in [-0.2, -0.15) is 0 Å². The zero-order valence-electron chi connectivity index (χ0n) is 43.5. The summed E-state index contributed by atoms with van der Waals surface area (Å²) in [6.07, 6.45) is 67.2. The van der Waals surface area contributed by atoms with Gasteiger partial charge in [-0.3, -0.25) is 9.59 Å². The molecule has 0 fully saturated rings. The summed E-state index contributed by atoms with van der Waals surface area (Å²) in [6.45, 7) is 4.86. The number of ether oxygens (including phenoxy) is 1. The van der Waals surface area contributed by atoms with E-state index >= 15 is 0 Å². The van der Waals surface area contributed by atoms with Gasteiger partial charge >= 0.3 is 5.97 Å². The van der Waals surface area contributed by atoms with Gasteiger partial charge in [-0.15, -0.1) is 0 Å². The number of hydrogen-bond donors (Lipinski definition) is 3. The van der Waals surface area contributed by atoms with E-state index in [-0.39, 0.29) is 18.5 Å². The number of carbonyl (C=O) groups is 2. The van der Waals surface area contributed by atoms with Crippen LogP contribution in [0.5, 0.6) is 0 Å². The molecule has 0 saturated heterocycles. The molecule has 0 heterocycles. The first kappa shape index (κ1) is 63.1. The number of aliphatic hydroxyl groups is 2. The van der Waals surface area contributed by atoms with Crippen molar-refractivity contribution in [2.75, 3.05) is 13.2 Å². The van der Waals surface area contributed by atoms with Gasteiger partial charge in [0.05, 0.1) is 25.4 Å². The Kier molecular flexibility index (Phi) is 53.1. The molecule has 0 aromatic rings. The lowest BCUT2D eigenvalue weighted by molar-refractivity contribution is -0.143. The van der Waals surface area contributed by atoms with Gasteiger partial charge < -0.3 is 20.3 Å². The minimum Gasteiger partial charge on any atom is -0.466 e. The van der Waals surface area contributed by atoms with Crippen LogP contribution in [-0.4, -0.2) is 47.4 Å². The number of amides is 1. The average molecular weight is 915 g/mol. The van der Waals surface area contributed by atoms with E-state index in [1.807, 2.05) is 6.08 Å². The van der Waals surface area contributed by atoms with Gasteiger partial charge in [-0.25, -0.2) is 0 Å². The highest BCUT2D eigenvalue weighted by molar-refractivity contribution is 5.76. The molecule has 0 aliphatic carbocycles. The smallest absolute Gasteiger partial charge is 0.305 e. The Morgan fingerprint density at radius 1 is 0.431 bits per heavy atom. The van der Waals surface area contributed by atoms with E-state index in [0.717, 1.165) is 64.2 Å². The predicted molar refractivity (Wildman–Crippen MR) is 283 cm³/mol. The normalized spacial score (nSPS) is 12.9. The quantitative estimate of drug-likeness (QED) is 0.0321. The van der Waals surface area contributed by atoms with Crippen molar-refractivity contribution in [2.45, 2.75) is 315 Å². The SMILES string of the molecule is CCCCC/C=C\C/C=C\CCCCCCCCCC(=O)OCCCCCCCCCCCCCCCCCC(=O)NC(CO)C(O)/C=C/CCCCCCCCCCCCCCCC. The van der Waals surface area contributed by atoms with Crippen molar-refractivity contribution >= 4 is 11.9 Å². The van der Waals surface area contributed by atoms with Gasteiger partial charge in [0.2, 0.25) is 5.91 Å². The summed E-state index contributed by atoms with van der Waals surface area (Å²) in [5.41, 5.74) is 0. The third-order valence-electron chi connectivity index (χ3n) is 13.2. The molecule has 0 radical (unpaired) electrons. The third-order valence-corrected chi connectivity index (χ3v) is 13.2. The molecule has 0 aromatic heterocycles. The van der Waals surface area contributed by atoms with Crippen LogP contribution in [0.15, 0.2) is 36.5 Å². The molecule has 2 atom stereocenters. The third kappa shape index (κ3) is 51.3. The van der Waals surface area contributed by atoms with Crippen molar-refractivity contribution < 1.29 is 24.5 Å². The number of rotatable bonds is 53. The minimum atomic E-state index is -0.851. The van der Waals surface area contributed by atoms with E-state index in [4.69, 9.17) is 4.74 Å². The number of aliphatic hydroxyl groups excluding tert-OH is 2. The van der Waals surface area contributed by atoms with E-state index < -0.39 is 12.1 Å². The molecule has 6 nitrogen and oxygen atoms in total. The van der Waals surface area contributed by atoms with Crippen LogP contribution in [0.25, 0.3) is 0 Å². The second-order valence-corrected chi connectivity index (χ2v) is 19.6. The van der Waals surface area contributed by atoms with Crippen LogP contribution >= 0.6 is 0 Å². The maximum Gasteiger partial charge on any atom is 0.305 e. The van der Waals surface area contributed by atoms with Crippen molar-refractivity contribution in [3.05, 3.63) is 36.5 Å². The van der Waals surface area contributed by atoms with E-state index in [0.29, 0.717) is 19.4 Å². The zero-order chi connectivity index (χ0) is 47.2. The predicted octanol–water partition coefficient (Wildman–Crippen LogP) is 17.6. The Labute approximate surface area is 404 Å². The van der Waals surface area contributed by atoms with E-state index in [1.165, 1.54) is 212 Å². The molecule has 0 aromatic carbocycles. The molecule has 0 bridgehead atoms. The lowest BCUT2D eigenvalue weighted by Gasteiger charge is -2.20. The van der Waals surface area contributed by atoms with Crippen LogP contribution in [0.4, 0.5) is 0 Å². The molecule has 382 valence electrons. The van der Waals surface area contributed by atoms with Gasteiger partial charge in [-0.1, -0.05) is 262 Å². The molecule has 2 unspecified atom stereocenters. The summed E-state index contributed by atoms with van der Waals surface area (Å²) in [6, 6.07) is -0.635. The summed E-state index contributed by atoms with van der Waals surface area (Å²) >= 11 is 0. The van der Waals surface area contributed by atoms with Gasteiger partial charge in [0, 0.05) is 12.8 Å². The number of allylic oxidation sites excluding steroid dienone is 5. The highest BCUT2D eigenvalue weighted by Gasteiger charge is 2.18. The first-order valence-electron chi connectivity index (χ1n) is 28.8. The van der Waals surface area contributed by atoms with Crippen LogP contribution in [0.1, 0.15) is 303 Å². The van der Waals surface area contributed by atoms with Crippen LogP contribution < -0.4 is 5.32 Å². The Balaban J connectivity index is 3.46. The Morgan fingerprint density at radius 3 is 1.20 bits per heavy atom. The monoisotopic (exact) mass is 914 g/mol. The van der Waals surface area contributed by atoms with Gasteiger partial charge in [-0.05, 0) is 64.2 Å². The second kappa shape index (κ2) is 54.7. The zero-order valence-corrected chi connectivity index (χ0v) is 43.5. The Bertz CT molecular complexity index is 1060. The van der Waals surface area contributed by atoms with Gasteiger partial charge in [0.25, 0.3) is 0 Å². The average Bonchev–Trinajstić information content (AvgIpc) is 3.31. The number of esters is 1. The summed E-state index contributed by atoms with van der Waals surface area (Å²) in [5.74, 6) is -0.0842. The Hall–Kier alpha value is -1.92. The van der Waals surface area contributed by atoms with Crippen molar-refractivity contribution in [3.63, 3.8) is 0 Å². The summed E-state index contributed by atoms with van der Waals surface area (Å²) in [7, 11) is 0. The molecule has 0 aliphatic heterocycles. The molecular formula is C59H111NO5. The van der Waals surface area contributed by atoms with Crippen LogP contribution in [0, 0.1) is 0 Å². The molecule has 1 amide bonds. The van der Waals surface area contributed by atoms with Crippen molar-refractivity contribution in [1.82, 2.24) is 5.32 Å². The fourth-order valence-electron chi connectivity index (χ4n) is 8.72. The Morgan fingerprint density at radius 2 is 0.769 bits per heavy atom. The molecule has 6 heteroatoms. The van der Waals surface area contributed by atoms with E-state index in [2.05, 4.69) is 43.5 Å². The largest absolute Gasteiger partial charge is 0.466 e. The molecule has 3 N–H and O–H groups in total. The van der Waals surface area contributed by atoms with Crippen LogP contribution in [-0.2, 0) is 14.3 Å². The maximum absolute atomic E-state index is 12.5. The highest BCUT2D eigenvalue weighted by atomic mass is 16.5. The van der Waals surface area contributed by atoms with Crippen molar-refractivity contribution in [1.29, 1.82) is 0 Å². The molecule has 0 saturated carbocycles. The molecule has 0 rings (SSSR count). The maximum atomic E-state index is 12.5. The van der Waals surface area contributed by atoms with Gasteiger partial charge in [0.1, 0.15) is 0 Å². The summed E-state index contributed by atoms with van der Waals surface area (Å²) in [4.78, 5) is 24.5. The second-order valence-electron chi connectivity index (χ2n) is 19.6. The molecule has 65 heavy (non-hydrogen) atoms.